The Hall–Kier alpha value is -1.07. The largest absolute Gasteiger partial charge is 0.389 e. The lowest BCUT2D eigenvalue weighted by Crippen LogP contribution is -2.19. The SMILES string of the molecule is CNC(=O)CSc1cc(C)c(F)cc1[C@@H](C)O. The molecule has 0 aliphatic carbocycles. The highest BCUT2D eigenvalue weighted by Crippen LogP contribution is 2.29. The van der Waals surface area contributed by atoms with Gasteiger partial charge >= 0.3 is 0 Å². The van der Waals surface area contributed by atoms with Gasteiger partial charge in [0.15, 0.2) is 0 Å². The number of thioether (sulfide) groups is 1. The van der Waals surface area contributed by atoms with Crippen molar-refractivity contribution in [2.45, 2.75) is 24.8 Å². The van der Waals surface area contributed by atoms with Crippen LogP contribution < -0.4 is 5.32 Å². The first-order valence-corrected chi connectivity index (χ1v) is 6.25. The molecule has 0 saturated carbocycles. The molecule has 94 valence electrons. The lowest BCUT2D eigenvalue weighted by molar-refractivity contribution is -0.118. The van der Waals surface area contributed by atoms with E-state index in [2.05, 4.69) is 5.32 Å². The van der Waals surface area contributed by atoms with E-state index in [1.807, 2.05) is 0 Å². The van der Waals surface area contributed by atoms with Crippen LogP contribution in [0.1, 0.15) is 24.2 Å². The number of carbonyl (C=O) groups excluding carboxylic acids is 1. The van der Waals surface area contributed by atoms with Gasteiger partial charge in [0.2, 0.25) is 5.91 Å². The number of carbonyl (C=O) groups is 1. The van der Waals surface area contributed by atoms with Gasteiger partial charge in [-0.1, -0.05) is 0 Å². The van der Waals surface area contributed by atoms with E-state index in [1.165, 1.54) is 17.8 Å². The Kier molecular flexibility index (Phi) is 4.96. The average Bonchev–Trinajstić information content (AvgIpc) is 2.29. The maximum atomic E-state index is 13.4. The summed E-state index contributed by atoms with van der Waals surface area (Å²) in [7, 11) is 1.56. The standard InChI is InChI=1S/C12H16FNO2S/c1-7-4-11(17-6-12(16)14-3)9(8(2)15)5-10(7)13/h4-5,8,15H,6H2,1-3H3,(H,14,16)/t8-/m1/s1. The Labute approximate surface area is 104 Å². The Balaban J connectivity index is 2.96. The van der Waals surface area contributed by atoms with Crippen LogP contribution in [-0.4, -0.2) is 23.8 Å². The molecule has 0 unspecified atom stereocenters. The highest BCUT2D eigenvalue weighted by Gasteiger charge is 2.13. The van der Waals surface area contributed by atoms with Gasteiger partial charge in [0.25, 0.3) is 0 Å². The van der Waals surface area contributed by atoms with Crippen molar-refractivity contribution in [3.63, 3.8) is 0 Å². The van der Waals surface area contributed by atoms with Crippen LogP contribution in [-0.2, 0) is 4.79 Å². The molecule has 17 heavy (non-hydrogen) atoms. The molecule has 0 saturated heterocycles. The van der Waals surface area contributed by atoms with Gasteiger partial charge < -0.3 is 10.4 Å². The minimum Gasteiger partial charge on any atom is -0.389 e. The first-order chi connectivity index (χ1) is 7.95. The molecule has 5 heteroatoms. The molecule has 2 N–H and O–H groups in total. The van der Waals surface area contributed by atoms with E-state index in [4.69, 9.17) is 0 Å². The molecular weight excluding hydrogens is 241 g/mol. The molecule has 0 aliphatic rings. The summed E-state index contributed by atoms with van der Waals surface area (Å²) in [5.74, 6) is -0.194. The van der Waals surface area contributed by atoms with Crippen LogP contribution in [0.15, 0.2) is 17.0 Å². The summed E-state index contributed by atoms with van der Waals surface area (Å²) in [6.07, 6.45) is -0.753. The molecule has 1 aromatic carbocycles. The number of benzene rings is 1. The minimum atomic E-state index is -0.753. The van der Waals surface area contributed by atoms with Crippen molar-refractivity contribution in [3.05, 3.63) is 29.1 Å². The fourth-order valence-electron chi connectivity index (χ4n) is 1.34. The molecule has 1 aromatic rings. The van der Waals surface area contributed by atoms with Crippen molar-refractivity contribution in [2.75, 3.05) is 12.8 Å². The summed E-state index contributed by atoms with van der Waals surface area (Å²) in [4.78, 5) is 11.9. The quantitative estimate of drug-likeness (QED) is 0.811. The zero-order chi connectivity index (χ0) is 13.0. The smallest absolute Gasteiger partial charge is 0.230 e. The summed E-state index contributed by atoms with van der Waals surface area (Å²) in [6.45, 7) is 3.24. The molecule has 0 spiro atoms. The van der Waals surface area contributed by atoms with Crippen molar-refractivity contribution in [1.29, 1.82) is 0 Å². The maximum absolute atomic E-state index is 13.4. The molecule has 3 nitrogen and oxygen atoms in total. The van der Waals surface area contributed by atoms with E-state index < -0.39 is 6.10 Å². The lowest BCUT2D eigenvalue weighted by atomic mass is 10.1. The molecule has 0 heterocycles. The van der Waals surface area contributed by atoms with Crippen molar-refractivity contribution >= 4 is 17.7 Å². The summed E-state index contributed by atoms with van der Waals surface area (Å²) in [6, 6.07) is 2.98. The molecule has 0 bridgehead atoms. The second-order valence-electron chi connectivity index (χ2n) is 3.78. The molecule has 1 amide bonds. The summed E-state index contributed by atoms with van der Waals surface area (Å²) in [5, 5.41) is 12.1. The third-order valence-electron chi connectivity index (χ3n) is 2.38. The molecule has 1 rings (SSSR count). The highest BCUT2D eigenvalue weighted by molar-refractivity contribution is 8.00. The third kappa shape index (κ3) is 3.71. The van der Waals surface area contributed by atoms with Crippen LogP contribution in [0.5, 0.6) is 0 Å². The minimum absolute atomic E-state index is 0.103. The molecule has 1 atom stereocenters. The number of hydrogen-bond donors (Lipinski definition) is 2. The molecule has 0 radical (unpaired) electrons. The third-order valence-corrected chi connectivity index (χ3v) is 3.45. The van der Waals surface area contributed by atoms with Gasteiger partial charge in [-0.2, -0.15) is 0 Å². The van der Waals surface area contributed by atoms with Gasteiger partial charge in [-0.25, -0.2) is 4.39 Å². The topological polar surface area (TPSA) is 49.3 Å². The van der Waals surface area contributed by atoms with Gasteiger partial charge in [0.05, 0.1) is 11.9 Å². The van der Waals surface area contributed by atoms with Gasteiger partial charge in [-0.15, -0.1) is 11.8 Å². The summed E-state index contributed by atoms with van der Waals surface area (Å²) in [5.41, 5.74) is 1.02. The summed E-state index contributed by atoms with van der Waals surface area (Å²) < 4.78 is 13.4. The van der Waals surface area contributed by atoms with Crippen molar-refractivity contribution < 1.29 is 14.3 Å². The predicted molar refractivity (Wildman–Crippen MR) is 66.6 cm³/mol. The fourth-order valence-corrected chi connectivity index (χ4v) is 2.42. The van der Waals surface area contributed by atoms with E-state index in [9.17, 15) is 14.3 Å². The summed E-state index contributed by atoms with van der Waals surface area (Å²) >= 11 is 1.29. The van der Waals surface area contributed by atoms with Gasteiger partial charge in [-0.05, 0) is 37.1 Å². The second kappa shape index (κ2) is 6.02. The van der Waals surface area contributed by atoms with Crippen molar-refractivity contribution in [2.24, 2.45) is 0 Å². The highest BCUT2D eigenvalue weighted by atomic mass is 32.2. The van der Waals surface area contributed by atoms with Gasteiger partial charge in [0, 0.05) is 11.9 Å². The fraction of sp³-hybridized carbons (Fsp3) is 0.417. The average molecular weight is 257 g/mol. The lowest BCUT2D eigenvalue weighted by Gasteiger charge is -2.13. The van der Waals surface area contributed by atoms with Crippen LogP contribution in [0.25, 0.3) is 0 Å². The van der Waals surface area contributed by atoms with Crippen molar-refractivity contribution in [1.82, 2.24) is 5.32 Å². The zero-order valence-corrected chi connectivity index (χ0v) is 10.9. The Morgan fingerprint density at radius 2 is 2.24 bits per heavy atom. The Morgan fingerprint density at radius 1 is 1.59 bits per heavy atom. The number of halogens is 1. The first-order valence-electron chi connectivity index (χ1n) is 5.27. The molecule has 0 fully saturated rings. The van der Waals surface area contributed by atoms with Crippen molar-refractivity contribution in [3.8, 4) is 0 Å². The van der Waals surface area contributed by atoms with Crippen LogP contribution in [0, 0.1) is 12.7 Å². The number of aliphatic hydroxyl groups is 1. The number of nitrogens with one attached hydrogen (secondary N) is 1. The number of hydrogen-bond acceptors (Lipinski definition) is 3. The molecule has 0 aliphatic heterocycles. The van der Waals surface area contributed by atoms with E-state index in [0.717, 1.165) is 4.90 Å². The van der Waals surface area contributed by atoms with Gasteiger partial charge in [-0.3, -0.25) is 4.79 Å². The molecular formula is C12H16FNO2S. The first kappa shape index (κ1) is 14.0. The van der Waals surface area contributed by atoms with E-state index in [0.29, 0.717) is 11.1 Å². The normalized spacial score (nSPS) is 12.3. The number of amides is 1. The van der Waals surface area contributed by atoms with E-state index in [1.54, 1.807) is 27.0 Å². The zero-order valence-electron chi connectivity index (χ0n) is 10.1. The van der Waals surface area contributed by atoms with E-state index in [-0.39, 0.29) is 17.5 Å². The molecule has 0 aromatic heterocycles. The van der Waals surface area contributed by atoms with E-state index >= 15 is 0 Å². The van der Waals surface area contributed by atoms with Crippen LogP contribution in [0.3, 0.4) is 0 Å². The second-order valence-corrected chi connectivity index (χ2v) is 4.79. The van der Waals surface area contributed by atoms with Crippen LogP contribution in [0.4, 0.5) is 4.39 Å². The Bertz CT molecular complexity index is 421. The maximum Gasteiger partial charge on any atom is 0.230 e. The monoisotopic (exact) mass is 257 g/mol. The van der Waals surface area contributed by atoms with Crippen LogP contribution >= 0.6 is 11.8 Å². The number of aliphatic hydroxyl groups excluding tert-OH is 1. The van der Waals surface area contributed by atoms with Crippen LogP contribution in [0.2, 0.25) is 0 Å². The number of rotatable bonds is 4. The van der Waals surface area contributed by atoms with Gasteiger partial charge in [0.1, 0.15) is 5.82 Å². The predicted octanol–water partition coefficient (Wildman–Crippen LogP) is 2.03. The Morgan fingerprint density at radius 3 is 2.76 bits per heavy atom. The number of aryl methyl sites for hydroxylation is 1.